The Balaban J connectivity index is 4.43. The summed E-state index contributed by atoms with van der Waals surface area (Å²) in [5.74, 6) is -0.956. The number of esters is 3. The van der Waals surface area contributed by atoms with E-state index in [9.17, 15) is 14.4 Å². The molecule has 0 aromatic heterocycles. The van der Waals surface area contributed by atoms with Gasteiger partial charge in [-0.15, -0.1) is 0 Å². The van der Waals surface area contributed by atoms with Crippen molar-refractivity contribution in [3.05, 3.63) is 97.2 Å². The molecule has 0 aromatic carbocycles. The molecule has 6 nitrogen and oxygen atoms in total. The minimum Gasteiger partial charge on any atom is -0.462 e. The highest BCUT2D eigenvalue weighted by Gasteiger charge is 2.19. The molecule has 0 saturated carbocycles. The monoisotopic (exact) mass is 959 g/mol. The van der Waals surface area contributed by atoms with Gasteiger partial charge >= 0.3 is 17.9 Å². The molecule has 394 valence electrons. The average molecular weight is 960 g/mol. The van der Waals surface area contributed by atoms with E-state index in [4.69, 9.17) is 14.2 Å². The zero-order valence-electron chi connectivity index (χ0n) is 45.0. The Morgan fingerprint density at radius 2 is 0.565 bits per heavy atom. The summed E-state index contributed by atoms with van der Waals surface area (Å²) in [6.07, 6.45) is 75.5. The fraction of sp³-hybridized carbons (Fsp3) is 0.698. The van der Waals surface area contributed by atoms with Crippen molar-refractivity contribution in [2.24, 2.45) is 0 Å². The lowest BCUT2D eigenvalue weighted by Crippen LogP contribution is -2.30. The van der Waals surface area contributed by atoms with E-state index >= 15 is 0 Å². The van der Waals surface area contributed by atoms with Gasteiger partial charge in [-0.3, -0.25) is 14.4 Å². The van der Waals surface area contributed by atoms with Gasteiger partial charge in [0.2, 0.25) is 0 Å². The van der Waals surface area contributed by atoms with Crippen molar-refractivity contribution in [1.29, 1.82) is 0 Å². The SMILES string of the molecule is CC/C=C\C/C=C\C/C=C\C/C=C\CCCCC(=O)OC[C@H](COC(=O)CCCCCCC/C=C\C/C=C\C/C=C\CC)OC(=O)CCCCCCCCCCCCC/C=C\CCCCCCCC. The van der Waals surface area contributed by atoms with Gasteiger partial charge in [0.05, 0.1) is 0 Å². The van der Waals surface area contributed by atoms with Gasteiger partial charge in [0.1, 0.15) is 13.2 Å². The van der Waals surface area contributed by atoms with E-state index in [2.05, 4.69) is 118 Å². The van der Waals surface area contributed by atoms with Gasteiger partial charge in [0.25, 0.3) is 0 Å². The first-order chi connectivity index (χ1) is 34.0. The van der Waals surface area contributed by atoms with Crippen LogP contribution >= 0.6 is 0 Å². The Labute approximate surface area is 426 Å². The van der Waals surface area contributed by atoms with Crippen molar-refractivity contribution in [2.75, 3.05) is 13.2 Å². The number of rotatable bonds is 51. The van der Waals surface area contributed by atoms with E-state index < -0.39 is 6.10 Å². The van der Waals surface area contributed by atoms with E-state index in [1.165, 1.54) is 103 Å². The van der Waals surface area contributed by atoms with Crippen LogP contribution in [0.15, 0.2) is 97.2 Å². The van der Waals surface area contributed by atoms with Gasteiger partial charge in [-0.05, 0) is 116 Å². The van der Waals surface area contributed by atoms with Crippen molar-refractivity contribution in [3.63, 3.8) is 0 Å². The van der Waals surface area contributed by atoms with Crippen LogP contribution in [0, 0.1) is 0 Å². The van der Waals surface area contributed by atoms with Crippen molar-refractivity contribution in [3.8, 4) is 0 Å². The highest BCUT2D eigenvalue weighted by Crippen LogP contribution is 2.15. The number of allylic oxidation sites excluding steroid dienone is 16. The number of carbonyl (C=O) groups is 3. The maximum absolute atomic E-state index is 12.9. The number of carbonyl (C=O) groups excluding carboxylic acids is 3. The molecule has 0 aliphatic carbocycles. The maximum Gasteiger partial charge on any atom is 0.306 e. The lowest BCUT2D eigenvalue weighted by molar-refractivity contribution is -0.167. The summed E-state index contributed by atoms with van der Waals surface area (Å²) >= 11 is 0. The quantitative estimate of drug-likeness (QED) is 0.0262. The summed E-state index contributed by atoms with van der Waals surface area (Å²) in [6.45, 7) is 6.37. The summed E-state index contributed by atoms with van der Waals surface area (Å²) in [5.41, 5.74) is 0. The smallest absolute Gasteiger partial charge is 0.306 e. The molecule has 6 heteroatoms. The lowest BCUT2D eigenvalue weighted by atomic mass is 10.0. The topological polar surface area (TPSA) is 78.9 Å². The van der Waals surface area contributed by atoms with E-state index in [1.54, 1.807) is 0 Å². The molecule has 0 amide bonds. The second-order valence-corrected chi connectivity index (χ2v) is 18.8. The van der Waals surface area contributed by atoms with Gasteiger partial charge in [0, 0.05) is 19.3 Å². The van der Waals surface area contributed by atoms with Crippen LogP contribution in [0.1, 0.15) is 265 Å². The van der Waals surface area contributed by atoms with Crippen LogP contribution in [0.25, 0.3) is 0 Å². The van der Waals surface area contributed by atoms with E-state index in [1.807, 2.05) is 0 Å². The van der Waals surface area contributed by atoms with Gasteiger partial charge < -0.3 is 14.2 Å². The van der Waals surface area contributed by atoms with Crippen LogP contribution in [0.5, 0.6) is 0 Å². The van der Waals surface area contributed by atoms with Crippen molar-refractivity contribution < 1.29 is 28.6 Å². The highest BCUT2D eigenvalue weighted by atomic mass is 16.6. The fourth-order valence-corrected chi connectivity index (χ4v) is 7.80. The van der Waals surface area contributed by atoms with Crippen LogP contribution in [0.2, 0.25) is 0 Å². The molecule has 0 aliphatic rings. The fourth-order valence-electron chi connectivity index (χ4n) is 7.80. The molecule has 0 N–H and O–H groups in total. The third-order valence-electron chi connectivity index (χ3n) is 12.1. The molecule has 1 atom stereocenters. The van der Waals surface area contributed by atoms with Gasteiger partial charge in [-0.2, -0.15) is 0 Å². The standard InChI is InChI=1S/C63H106O6/c1-4-7-10-13-16-19-22-25-28-29-30-31-32-33-36-39-42-45-48-51-54-57-63(66)69-60(58-67-61(64)55-52-49-46-43-40-37-34-26-23-20-17-14-11-8-5-2)59-68-62(65)56-53-50-47-44-41-38-35-27-24-21-18-15-12-9-6-3/h8-9,11-12,17-18,20-21,25-28,34-35,40,43,60H,4-7,10,13-16,19,22-24,29-33,36-39,41-42,44-59H2,1-3H3/b11-8-,12-9-,20-17-,21-18-,28-25-,34-26-,35-27-,43-40-/t60-/m1/s1. The molecule has 0 aliphatic heterocycles. The molecular formula is C63H106O6. The maximum atomic E-state index is 12.9. The Bertz CT molecular complexity index is 1380. The summed E-state index contributed by atoms with van der Waals surface area (Å²) in [5, 5.41) is 0. The van der Waals surface area contributed by atoms with Crippen LogP contribution < -0.4 is 0 Å². The molecule has 0 bridgehead atoms. The average Bonchev–Trinajstić information content (AvgIpc) is 3.35. The largest absolute Gasteiger partial charge is 0.462 e. The summed E-state index contributed by atoms with van der Waals surface area (Å²) in [7, 11) is 0. The number of ether oxygens (including phenoxy) is 3. The number of unbranched alkanes of at least 4 members (excludes halogenated alkanes) is 24. The Kier molecular flexibility index (Phi) is 53.9. The Morgan fingerprint density at radius 3 is 0.928 bits per heavy atom. The first kappa shape index (κ1) is 65.3. The molecule has 0 unspecified atom stereocenters. The third-order valence-corrected chi connectivity index (χ3v) is 12.1. The second-order valence-electron chi connectivity index (χ2n) is 18.8. The molecular weight excluding hydrogens is 853 g/mol. The van der Waals surface area contributed by atoms with Crippen LogP contribution in [-0.2, 0) is 28.6 Å². The van der Waals surface area contributed by atoms with Crippen LogP contribution in [0.3, 0.4) is 0 Å². The summed E-state index contributed by atoms with van der Waals surface area (Å²) in [6, 6.07) is 0. The van der Waals surface area contributed by atoms with Crippen molar-refractivity contribution >= 4 is 17.9 Å². The minimum atomic E-state index is -0.803. The zero-order chi connectivity index (χ0) is 50.0. The first-order valence-corrected chi connectivity index (χ1v) is 28.7. The van der Waals surface area contributed by atoms with E-state index in [0.29, 0.717) is 19.3 Å². The zero-order valence-corrected chi connectivity index (χ0v) is 45.0. The van der Waals surface area contributed by atoms with Gasteiger partial charge in [-0.25, -0.2) is 0 Å². The normalized spacial score (nSPS) is 12.8. The Morgan fingerprint density at radius 1 is 0.304 bits per heavy atom. The predicted molar refractivity (Wildman–Crippen MR) is 297 cm³/mol. The highest BCUT2D eigenvalue weighted by molar-refractivity contribution is 5.71. The molecule has 69 heavy (non-hydrogen) atoms. The van der Waals surface area contributed by atoms with Gasteiger partial charge in [-0.1, -0.05) is 227 Å². The Hall–Kier alpha value is -3.67. The van der Waals surface area contributed by atoms with Crippen molar-refractivity contribution in [2.45, 2.75) is 271 Å². The molecule has 0 saturated heterocycles. The molecule has 0 spiro atoms. The molecule has 0 heterocycles. The van der Waals surface area contributed by atoms with Crippen LogP contribution in [0.4, 0.5) is 0 Å². The number of hydrogen-bond donors (Lipinski definition) is 0. The molecule has 0 fully saturated rings. The lowest BCUT2D eigenvalue weighted by Gasteiger charge is -2.18. The first-order valence-electron chi connectivity index (χ1n) is 28.7. The third kappa shape index (κ3) is 55.1. The second kappa shape index (κ2) is 56.9. The molecule has 0 radical (unpaired) electrons. The molecule has 0 aromatic rings. The van der Waals surface area contributed by atoms with Gasteiger partial charge in [0.15, 0.2) is 6.10 Å². The summed E-state index contributed by atoms with van der Waals surface area (Å²) in [4.78, 5) is 38.1. The van der Waals surface area contributed by atoms with Crippen molar-refractivity contribution in [1.82, 2.24) is 0 Å². The van der Waals surface area contributed by atoms with Crippen LogP contribution in [-0.4, -0.2) is 37.2 Å². The predicted octanol–water partition coefficient (Wildman–Crippen LogP) is 19.3. The minimum absolute atomic E-state index is 0.100. The van der Waals surface area contributed by atoms with E-state index in [-0.39, 0.29) is 31.1 Å². The molecule has 0 rings (SSSR count). The number of hydrogen-bond acceptors (Lipinski definition) is 6. The van der Waals surface area contributed by atoms with E-state index in [0.717, 1.165) is 122 Å². The summed E-state index contributed by atoms with van der Waals surface area (Å²) < 4.78 is 16.8.